The Bertz CT molecular complexity index is 1290. The summed E-state index contributed by atoms with van der Waals surface area (Å²) in [6.45, 7) is 2.47. The van der Waals surface area contributed by atoms with Crippen LogP contribution in [0.15, 0.2) is 0 Å². The summed E-state index contributed by atoms with van der Waals surface area (Å²) in [7, 11) is -1.02. The smallest absolute Gasteiger partial charge is 0.403 e. The fraction of sp³-hybridized carbons (Fsp3) is 0.844. The highest BCUT2D eigenvalue weighted by molar-refractivity contribution is 6.47. The van der Waals surface area contributed by atoms with Crippen LogP contribution in [0.4, 0.5) is 0 Å². The van der Waals surface area contributed by atoms with Gasteiger partial charge in [0.25, 0.3) is 5.91 Å². The van der Waals surface area contributed by atoms with Gasteiger partial charge in [-0.2, -0.15) is 0 Å². The van der Waals surface area contributed by atoms with Crippen LogP contribution in [-0.2, 0) is 33.3 Å². The van der Waals surface area contributed by atoms with E-state index in [2.05, 4.69) is 26.6 Å². The van der Waals surface area contributed by atoms with E-state index >= 15 is 0 Å². The lowest BCUT2D eigenvalue weighted by molar-refractivity contribution is -0.169. The van der Waals surface area contributed by atoms with Crippen LogP contribution in [0.25, 0.3) is 0 Å². The van der Waals surface area contributed by atoms with Crippen molar-refractivity contribution in [1.82, 2.24) is 26.6 Å². The van der Waals surface area contributed by atoms with Gasteiger partial charge in [-0.3, -0.25) is 24.0 Å². The van der Waals surface area contributed by atoms with E-state index in [-0.39, 0.29) is 37.3 Å². The number of hydrogen-bond acceptors (Lipinski definition) is 16. The molecule has 9 unspecified atom stereocenters. The van der Waals surface area contributed by atoms with Gasteiger partial charge in [-0.1, -0.05) is 25.7 Å². The molecule has 22 heteroatoms. The standard InChI is InChI=1S/C32H63BN12O9/c1-31-20-14-17(32(20,39)40)15-21(31)53-33(54-31)30(38)45-25(47)18(10-7-9-13-35)42-28(50)24(37)44-27(49)23(29(51)52)43-26(48)19(16-36)41-22(46)11-6-4-2-3-5-8-12-34/h17-21,23-24,29-30,51-52H,2-16,34-40H2,1H3,(H,41,46)(H,42,50)(H,43,48)(H,44,49)(H,45,47). The Balaban J connectivity index is 1.52. The van der Waals surface area contributed by atoms with Gasteiger partial charge in [0.05, 0.1) is 17.4 Å². The highest BCUT2D eigenvalue weighted by Crippen LogP contribution is 2.58. The first kappa shape index (κ1) is 45.4. The van der Waals surface area contributed by atoms with Crippen LogP contribution in [0.1, 0.15) is 84.0 Å². The average Bonchev–Trinajstić information content (AvgIpc) is 3.49. The number of amides is 5. The van der Waals surface area contributed by atoms with Gasteiger partial charge in [-0.15, -0.1) is 0 Å². The summed E-state index contributed by atoms with van der Waals surface area (Å²) >= 11 is 0. The van der Waals surface area contributed by atoms with Gasteiger partial charge in [0.15, 0.2) is 18.5 Å². The zero-order valence-electron chi connectivity index (χ0n) is 31.2. The predicted octanol–water partition coefficient (Wildman–Crippen LogP) is -5.81. The van der Waals surface area contributed by atoms with Crippen molar-refractivity contribution in [2.75, 3.05) is 19.6 Å². The van der Waals surface area contributed by atoms with E-state index in [1.54, 1.807) is 0 Å². The number of hydrogen-bond donors (Lipinski definition) is 14. The molecule has 9 atom stereocenters. The number of nitrogens with two attached hydrogens (primary N) is 7. The molecule has 3 saturated carbocycles. The van der Waals surface area contributed by atoms with Crippen molar-refractivity contribution < 1.29 is 43.5 Å². The van der Waals surface area contributed by atoms with Crippen molar-refractivity contribution in [3.63, 3.8) is 0 Å². The molecular weight excluding hydrogens is 707 g/mol. The summed E-state index contributed by atoms with van der Waals surface area (Å²) in [5.41, 5.74) is 39.9. The van der Waals surface area contributed by atoms with Gasteiger partial charge in [-0.25, -0.2) is 0 Å². The van der Waals surface area contributed by atoms with Gasteiger partial charge in [0.1, 0.15) is 18.1 Å². The Labute approximate surface area is 316 Å². The molecule has 3 aliphatic carbocycles. The topological polar surface area (TPSA) is 387 Å². The summed E-state index contributed by atoms with van der Waals surface area (Å²) in [4.78, 5) is 64.7. The fourth-order valence-electron chi connectivity index (χ4n) is 7.34. The van der Waals surface area contributed by atoms with Gasteiger partial charge in [-0.05, 0) is 70.9 Å². The third-order valence-corrected chi connectivity index (χ3v) is 10.7. The largest absolute Gasteiger partial charge is 0.497 e. The van der Waals surface area contributed by atoms with E-state index in [1.807, 2.05) is 6.92 Å². The van der Waals surface area contributed by atoms with E-state index in [0.29, 0.717) is 38.8 Å². The van der Waals surface area contributed by atoms with E-state index in [0.717, 1.165) is 38.5 Å². The molecule has 54 heavy (non-hydrogen) atoms. The number of unbranched alkanes of at least 4 members (excludes halogenated alkanes) is 6. The quantitative estimate of drug-likeness (QED) is 0.0247. The van der Waals surface area contributed by atoms with E-state index in [1.165, 1.54) is 0 Å². The van der Waals surface area contributed by atoms with Crippen molar-refractivity contribution in [3.8, 4) is 0 Å². The van der Waals surface area contributed by atoms with Crippen LogP contribution < -0.4 is 66.7 Å². The van der Waals surface area contributed by atoms with Crippen molar-refractivity contribution in [3.05, 3.63) is 0 Å². The molecule has 5 amide bonds. The molecule has 4 aliphatic rings. The first-order valence-corrected chi connectivity index (χ1v) is 18.9. The number of nitrogens with one attached hydrogen (secondary N) is 5. The van der Waals surface area contributed by atoms with E-state index < -0.39 is 84.6 Å². The zero-order valence-corrected chi connectivity index (χ0v) is 31.2. The highest BCUT2D eigenvalue weighted by atomic mass is 16.7. The molecule has 308 valence electrons. The predicted molar refractivity (Wildman–Crippen MR) is 197 cm³/mol. The highest BCUT2D eigenvalue weighted by Gasteiger charge is 2.69. The molecule has 0 spiro atoms. The molecule has 2 bridgehead atoms. The van der Waals surface area contributed by atoms with E-state index in [9.17, 15) is 34.2 Å². The van der Waals surface area contributed by atoms with Crippen LogP contribution in [0, 0.1) is 11.8 Å². The molecule has 21 nitrogen and oxygen atoms in total. The minimum Gasteiger partial charge on any atom is -0.403 e. The number of aliphatic hydroxyl groups excluding tert-OH is 1. The second-order valence-electron chi connectivity index (χ2n) is 14.8. The minimum atomic E-state index is -2.43. The SMILES string of the molecule is CC12OB(C(N)NC(=O)C(CCCCN)NC(=O)C(N)NC(=O)C(NC(=O)C(CN)NC(=O)CCCCCCCCN)C(O)O)OC1CC1CC2C1(N)N. The number of carbonyl (C=O) groups excluding carboxylic acids is 5. The summed E-state index contributed by atoms with van der Waals surface area (Å²) in [6.07, 6.45) is 3.33. The Morgan fingerprint density at radius 1 is 0.759 bits per heavy atom. The molecule has 4 fully saturated rings. The third-order valence-electron chi connectivity index (χ3n) is 10.7. The zero-order chi connectivity index (χ0) is 40.2. The first-order valence-electron chi connectivity index (χ1n) is 18.9. The van der Waals surface area contributed by atoms with Gasteiger partial charge >= 0.3 is 7.12 Å². The summed E-state index contributed by atoms with van der Waals surface area (Å²) < 4.78 is 12.3. The molecule has 21 N–H and O–H groups in total. The normalized spacial score (nSPS) is 25.3. The second kappa shape index (κ2) is 20.8. The van der Waals surface area contributed by atoms with Crippen molar-refractivity contribution >= 4 is 36.7 Å². The summed E-state index contributed by atoms with van der Waals surface area (Å²) in [5.74, 6) is -4.45. The lowest BCUT2D eigenvalue weighted by atomic mass is 9.50. The van der Waals surface area contributed by atoms with Crippen LogP contribution >= 0.6 is 0 Å². The first-order chi connectivity index (χ1) is 25.5. The Kier molecular flexibility index (Phi) is 17.4. The molecular formula is C32H63BN12O9. The molecule has 1 aliphatic heterocycles. The van der Waals surface area contributed by atoms with Crippen molar-refractivity contribution in [1.29, 1.82) is 0 Å². The molecule has 4 rings (SSSR count). The Morgan fingerprint density at radius 3 is 1.98 bits per heavy atom. The molecule has 0 aromatic carbocycles. The van der Waals surface area contributed by atoms with Gasteiger partial charge in [0, 0.05) is 18.9 Å². The lowest BCUT2D eigenvalue weighted by Gasteiger charge is -2.63. The Morgan fingerprint density at radius 2 is 1.37 bits per heavy atom. The van der Waals surface area contributed by atoms with Crippen LogP contribution in [0.2, 0.25) is 0 Å². The maximum atomic E-state index is 13.4. The monoisotopic (exact) mass is 770 g/mol. The lowest BCUT2D eigenvalue weighted by Crippen LogP contribution is -2.79. The summed E-state index contributed by atoms with van der Waals surface area (Å²) in [6, 6.07) is -5.63. The molecule has 1 heterocycles. The molecule has 1 saturated heterocycles. The third kappa shape index (κ3) is 11.7. The van der Waals surface area contributed by atoms with Crippen molar-refractivity contribution in [2.24, 2.45) is 52.0 Å². The number of aliphatic hydroxyl groups is 2. The van der Waals surface area contributed by atoms with Crippen LogP contribution in [0.3, 0.4) is 0 Å². The van der Waals surface area contributed by atoms with Crippen LogP contribution in [0.5, 0.6) is 0 Å². The maximum Gasteiger partial charge on any atom is 0.497 e. The Hall–Kier alpha value is -3.03. The minimum absolute atomic E-state index is 0.0742. The molecule has 0 aromatic heterocycles. The van der Waals surface area contributed by atoms with Crippen LogP contribution in [-0.4, -0.2) is 121 Å². The molecule has 0 aromatic rings. The van der Waals surface area contributed by atoms with E-state index in [4.69, 9.17) is 49.4 Å². The maximum absolute atomic E-state index is 13.4. The van der Waals surface area contributed by atoms with Crippen molar-refractivity contribution in [2.45, 2.75) is 138 Å². The number of rotatable bonds is 24. The second-order valence-corrected chi connectivity index (χ2v) is 14.8. The summed E-state index contributed by atoms with van der Waals surface area (Å²) in [5, 5.41) is 31.5. The number of carbonyl (C=O) groups is 5. The van der Waals surface area contributed by atoms with Gasteiger partial charge in [0.2, 0.25) is 23.6 Å². The fourth-order valence-corrected chi connectivity index (χ4v) is 7.34. The molecule has 0 radical (unpaired) electrons. The average molecular weight is 771 g/mol. The van der Waals surface area contributed by atoms with Gasteiger partial charge < -0.3 is 86.2 Å².